The van der Waals surface area contributed by atoms with Gasteiger partial charge in [0.1, 0.15) is 30.1 Å². The highest BCUT2D eigenvalue weighted by Gasteiger charge is 2.45. The lowest BCUT2D eigenvalue weighted by molar-refractivity contribution is -0.0440. The van der Waals surface area contributed by atoms with E-state index in [9.17, 15) is 15.0 Å². The van der Waals surface area contributed by atoms with Crippen LogP contribution in [0.3, 0.4) is 0 Å². The molecule has 3 heterocycles. The lowest BCUT2D eigenvalue weighted by Crippen LogP contribution is -2.46. The summed E-state index contributed by atoms with van der Waals surface area (Å²) in [5.74, 6) is -0.161. The number of anilines is 1. The van der Waals surface area contributed by atoms with Crippen LogP contribution in [0.2, 0.25) is 0 Å². The Morgan fingerprint density at radius 3 is 2.78 bits per heavy atom. The number of aliphatic hydroxyl groups is 2. The van der Waals surface area contributed by atoms with Crippen molar-refractivity contribution in [2.45, 2.75) is 24.5 Å². The van der Waals surface area contributed by atoms with Gasteiger partial charge in [0.2, 0.25) is 0 Å². The number of carbonyl (C=O) groups excluding carboxylic acids is 1. The average Bonchev–Trinajstić information content (AvgIpc) is 3.25. The van der Waals surface area contributed by atoms with Crippen molar-refractivity contribution in [2.24, 2.45) is 0 Å². The maximum absolute atomic E-state index is 12.6. The Morgan fingerprint density at radius 1 is 1.26 bits per heavy atom. The summed E-state index contributed by atoms with van der Waals surface area (Å²) in [6, 6.07) is 7.79. The quantitative estimate of drug-likeness (QED) is 0.478. The highest BCUT2D eigenvalue weighted by molar-refractivity contribution is 5.94. The number of rotatable bonds is 4. The van der Waals surface area contributed by atoms with Gasteiger partial charge in [0.25, 0.3) is 5.91 Å². The molecule has 1 aromatic carbocycles. The van der Waals surface area contributed by atoms with Crippen LogP contribution < -0.4 is 11.1 Å². The van der Waals surface area contributed by atoms with Crippen LogP contribution in [0, 0.1) is 0 Å². The molecule has 0 saturated carbocycles. The van der Waals surface area contributed by atoms with Crippen molar-refractivity contribution in [1.82, 2.24) is 24.8 Å². The molecule has 1 aliphatic rings. The Hall–Kier alpha value is -3.08. The fourth-order valence-electron chi connectivity index (χ4n) is 3.17. The summed E-state index contributed by atoms with van der Waals surface area (Å²) in [6.45, 7) is -0.404. The predicted molar refractivity (Wildman–Crippen MR) is 94.4 cm³/mol. The van der Waals surface area contributed by atoms with Crippen LogP contribution in [0.5, 0.6) is 0 Å². The van der Waals surface area contributed by atoms with E-state index in [1.54, 1.807) is 34.9 Å². The van der Waals surface area contributed by atoms with Gasteiger partial charge in [0, 0.05) is 5.56 Å². The van der Waals surface area contributed by atoms with Crippen LogP contribution in [-0.2, 0) is 4.74 Å². The second kappa shape index (κ2) is 6.91. The SMILES string of the molecule is Nc1ncnc2c1ncn2[C@@H]1O[C@H](CO)C(O)C1NC(=O)c1ccccc1. The third-order valence-electron chi connectivity index (χ3n) is 4.55. The molecule has 0 radical (unpaired) electrons. The fourth-order valence-corrected chi connectivity index (χ4v) is 3.17. The second-order valence-corrected chi connectivity index (χ2v) is 6.19. The number of aliphatic hydroxyl groups excluding tert-OH is 2. The summed E-state index contributed by atoms with van der Waals surface area (Å²) in [5, 5.41) is 22.8. The van der Waals surface area contributed by atoms with E-state index in [1.807, 2.05) is 0 Å². The van der Waals surface area contributed by atoms with Crippen LogP contribution >= 0.6 is 0 Å². The molecule has 4 atom stereocenters. The first-order chi connectivity index (χ1) is 13.1. The Morgan fingerprint density at radius 2 is 2.04 bits per heavy atom. The van der Waals surface area contributed by atoms with E-state index in [1.165, 1.54) is 12.7 Å². The van der Waals surface area contributed by atoms with Gasteiger partial charge < -0.3 is 26.0 Å². The van der Waals surface area contributed by atoms with E-state index < -0.39 is 31.1 Å². The predicted octanol–water partition coefficient (Wildman–Crippen LogP) is -0.542. The van der Waals surface area contributed by atoms with Gasteiger partial charge in [-0.1, -0.05) is 18.2 Å². The molecule has 0 aliphatic carbocycles. The van der Waals surface area contributed by atoms with E-state index in [0.717, 1.165) is 0 Å². The van der Waals surface area contributed by atoms with Crippen molar-refractivity contribution in [1.29, 1.82) is 0 Å². The molecule has 1 aliphatic heterocycles. The molecule has 10 nitrogen and oxygen atoms in total. The van der Waals surface area contributed by atoms with E-state index in [4.69, 9.17) is 10.5 Å². The molecule has 4 rings (SSSR count). The highest BCUT2D eigenvalue weighted by Crippen LogP contribution is 2.32. The molecule has 1 amide bonds. The zero-order valence-electron chi connectivity index (χ0n) is 14.1. The highest BCUT2D eigenvalue weighted by atomic mass is 16.5. The zero-order valence-corrected chi connectivity index (χ0v) is 14.1. The Balaban J connectivity index is 1.69. The van der Waals surface area contributed by atoms with Gasteiger partial charge in [-0.15, -0.1) is 0 Å². The van der Waals surface area contributed by atoms with Crippen LogP contribution in [0.1, 0.15) is 16.6 Å². The zero-order chi connectivity index (χ0) is 19.0. The smallest absolute Gasteiger partial charge is 0.251 e. The molecule has 2 aromatic heterocycles. The number of aromatic nitrogens is 4. The average molecular weight is 370 g/mol. The van der Waals surface area contributed by atoms with E-state index in [-0.39, 0.29) is 11.7 Å². The molecule has 140 valence electrons. The third-order valence-corrected chi connectivity index (χ3v) is 4.55. The number of hydrogen-bond acceptors (Lipinski definition) is 8. The molecule has 0 bridgehead atoms. The van der Waals surface area contributed by atoms with Crippen LogP contribution in [0.15, 0.2) is 43.0 Å². The molecule has 1 saturated heterocycles. The summed E-state index contributed by atoms with van der Waals surface area (Å²) in [4.78, 5) is 24.8. The number of nitrogens with two attached hydrogens (primary N) is 1. The number of ether oxygens (including phenoxy) is 1. The Labute approximate surface area is 153 Å². The second-order valence-electron chi connectivity index (χ2n) is 6.19. The van der Waals surface area contributed by atoms with E-state index >= 15 is 0 Å². The molecule has 10 heteroatoms. The maximum Gasteiger partial charge on any atom is 0.251 e. The minimum Gasteiger partial charge on any atom is -0.394 e. The lowest BCUT2D eigenvalue weighted by Gasteiger charge is -2.23. The molecule has 1 fully saturated rings. The number of fused-ring (bicyclic) bond motifs is 1. The molecule has 3 aromatic rings. The normalized spacial score (nSPS) is 25.0. The number of amides is 1. The number of carbonyl (C=O) groups is 1. The van der Waals surface area contributed by atoms with Gasteiger partial charge in [-0.2, -0.15) is 0 Å². The van der Waals surface area contributed by atoms with Gasteiger partial charge in [-0.05, 0) is 12.1 Å². The van der Waals surface area contributed by atoms with E-state index in [2.05, 4.69) is 20.3 Å². The third kappa shape index (κ3) is 2.99. The minimum atomic E-state index is -1.12. The molecule has 0 spiro atoms. The number of nitrogens with zero attached hydrogens (tertiary/aromatic N) is 4. The van der Waals surface area contributed by atoms with Crippen molar-refractivity contribution >= 4 is 22.9 Å². The molecule has 27 heavy (non-hydrogen) atoms. The Bertz CT molecular complexity index is 962. The number of benzene rings is 1. The first kappa shape index (κ1) is 17.3. The van der Waals surface area contributed by atoms with Crippen molar-refractivity contribution in [3.63, 3.8) is 0 Å². The topological polar surface area (TPSA) is 148 Å². The number of nitrogens with one attached hydrogen (secondary N) is 1. The van der Waals surface area contributed by atoms with Gasteiger partial charge in [0.05, 0.1) is 12.9 Å². The first-order valence-corrected chi connectivity index (χ1v) is 8.33. The Kier molecular flexibility index (Phi) is 4.44. The van der Waals surface area contributed by atoms with Crippen molar-refractivity contribution in [3.8, 4) is 0 Å². The van der Waals surface area contributed by atoms with Crippen molar-refractivity contribution in [3.05, 3.63) is 48.5 Å². The summed E-state index contributed by atoms with van der Waals surface area (Å²) < 4.78 is 7.33. The van der Waals surface area contributed by atoms with E-state index in [0.29, 0.717) is 16.7 Å². The van der Waals surface area contributed by atoms with Gasteiger partial charge >= 0.3 is 0 Å². The minimum absolute atomic E-state index is 0.209. The summed E-state index contributed by atoms with van der Waals surface area (Å²) in [6.07, 6.45) is -0.0716. The standard InChI is InChI=1S/C17H18N6O4/c18-14-12-15(20-7-19-14)23(8-21-12)17-11(13(25)10(6-24)27-17)22-16(26)9-4-2-1-3-5-9/h1-5,7-8,10-11,13,17,24-25H,6H2,(H,22,26)(H2,18,19,20)/t10-,11?,13?,17-/m1/s1. The maximum atomic E-state index is 12.6. The first-order valence-electron chi connectivity index (χ1n) is 8.33. The van der Waals surface area contributed by atoms with Gasteiger partial charge in [-0.25, -0.2) is 15.0 Å². The van der Waals surface area contributed by atoms with Crippen LogP contribution in [-0.4, -0.2) is 60.5 Å². The number of imidazole rings is 1. The summed E-state index contributed by atoms with van der Waals surface area (Å²) in [5.41, 5.74) is 7.04. The van der Waals surface area contributed by atoms with Crippen molar-refractivity contribution < 1.29 is 19.7 Å². The number of nitrogen functional groups attached to an aromatic ring is 1. The van der Waals surface area contributed by atoms with Crippen LogP contribution in [0.4, 0.5) is 5.82 Å². The van der Waals surface area contributed by atoms with Gasteiger partial charge in [-0.3, -0.25) is 9.36 Å². The fraction of sp³-hybridized carbons (Fsp3) is 0.294. The molecule has 2 unspecified atom stereocenters. The monoisotopic (exact) mass is 370 g/mol. The molecule has 5 N–H and O–H groups in total. The van der Waals surface area contributed by atoms with Crippen LogP contribution in [0.25, 0.3) is 11.2 Å². The molecular formula is C17H18N6O4. The number of hydrogen-bond donors (Lipinski definition) is 4. The largest absolute Gasteiger partial charge is 0.394 e. The summed E-state index contributed by atoms with van der Waals surface area (Å²) in [7, 11) is 0. The lowest BCUT2D eigenvalue weighted by atomic mass is 10.1. The molecular weight excluding hydrogens is 352 g/mol. The van der Waals surface area contributed by atoms with Crippen molar-refractivity contribution in [2.75, 3.05) is 12.3 Å². The van der Waals surface area contributed by atoms with Gasteiger partial charge in [0.15, 0.2) is 17.7 Å². The summed E-state index contributed by atoms with van der Waals surface area (Å²) >= 11 is 0.